The van der Waals surface area contributed by atoms with Gasteiger partial charge in [0.2, 0.25) is 11.5 Å². The molecule has 0 atom stereocenters. The predicted molar refractivity (Wildman–Crippen MR) is 101 cm³/mol. The number of aromatic nitrogens is 3. The topological polar surface area (TPSA) is 49.7 Å². The molecule has 25 heavy (non-hydrogen) atoms. The van der Waals surface area contributed by atoms with Crippen molar-refractivity contribution in [2.45, 2.75) is 20.4 Å². The first-order valence-electron chi connectivity index (χ1n) is 8.33. The van der Waals surface area contributed by atoms with Gasteiger partial charge in [-0.1, -0.05) is 0 Å². The van der Waals surface area contributed by atoms with Crippen molar-refractivity contribution in [3.63, 3.8) is 0 Å². The van der Waals surface area contributed by atoms with Crippen LogP contribution >= 0.6 is 11.3 Å². The Hall–Kier alpha value is -2.54. The number of thiazole rings is 1. The lowest BCUT2D eigenvalue weighted by Crippen LogP contribution is -2.28. The average Bonchev–Trinajstić information content (AvgIpc) is 3.26. The van der Waals surface area contributed by atoms with Crippen LogP contribution in [0.25, 0.3) is 0 Å². The van der Waals surface area contributed by atoms with Crippen molar-refractivity contribution >= 4 is 27.8 Å². The van der Waals surface area contributed by atoms with Crippen LogP contribution in [-0.4, -0.2) is 22.6 Å². The Morgan fingerprint density at radius 1 is 1.32 bits per heavy atom. The second-order valence-corrected chi connectivity index (χ2v) is 6.76. The molecule has 0 N–H and O–H groups in total. The van der Waals surface area contributed by atoms with Crippen LogP contribution in [-0.2, 0) is 13.6 Å². The van der Waals surface area contributed by atoms with Crippen molar-refractivity contribution in [2.75, 3.05) is 18.0 Å². The summed E-state index contributed by atoms with van der Waals surface area (Å²) in [6, 6.07) is 6.32. The second-order valence-electron chi connectivity index (χ2n) is 5.88. The highest BCUT2D eigenvalue weighted by molar-refractivity contribution is 7.13. The van der Waals surface area contributed by atoms with Crippen molar-refractivity contribution in [3.05, 3.63) is 54.1 Å². The minimum absolute atomic E-state index is 0.679. The number of benzene rings is 1. The molecule has 0 bridgehead atoms. The number of likely N-dealkylation sites (N-methyl/N-ethyl adjacent to an activating group) is 1. The molecular formula is C18H23N6S+. The van der Waals surface area contributed by atoms with E-state index in [9.17, 15) is 0 Å². The van der Waals surface area contributed by atoms with E-state index in [1.165, 1.54) is 17.0 Å². The molecule has 0 aliphatic rings. The summed E-state index contributed by atoms with van der Waals surface area (Å²) in [5, 5.41) is 11.1. The molecule has 0 unspecified atom stereocenters. The molecular weight excluding hydrogens is 332 g/mol. The maximum absolute atomic E-state index is 4.32. The Labute approximate surface area is 152 Å². The number of azo groups is 1. The van der Waals surface area contributed by atoms with Gasteiger partial charge in [0.1, 0.15) is 18.9 Å². The highest BCUT2D eigenvalue weighted by Gasteiger charge is 2.09. The molecule has 130 valence electrons. The lowest BCUT2D eigenvalue weighted by Gasteiger charge is -2.22. The van der Waals surface area contributed by atoms with E-state index < -0.39 is 0 Å². The first-order valence-corrected chi connectivity index (χ1v) is 9.21. The van der Waals surface area contributed by atoms with Crippen molar-refractivity contribution in [3.8, 4) is 0 Å². The Bertz CT molecular complexity index is 837. The van der Waals surface area contributed by atoms with Gasteiger partial charge in [-0.15, -0.1) is 21.6 Å². The van der Waals surface area contributed by atoms with Crippen molar-refractivity contribution < 1.29 is 4.57 Å². The molecule has 0 amide bonds. The van der Waals surface area contributed by atoms with Gasteiger partial charge in [0.15, 0.2) is 0 Å². The third-order valence-electron chi connectivity index (χ3n) is 4.04. The molecule has 0 saturated carbocycles. The lowest BCUT2D eigenvalue weighted by molar-refractivity contribution is -0.671. The van der Waals surface area contributed by atoms with Gasteiger partial charge < -0.3 is 4.90 Å². The van der Waals surface area contributed by atoms with Gasteiger partial charge in [0, 0.05) is 23.8 Å². The second kappa shape index (κ2) is 8.02. The number of hydrogen-bond donors (Lipinski definition) is 0. The highest BCUT2D eigenvalue weighted by atomic mass is 32.1. The third-order valence-corrected chi connectivity index (χ3v) is 4.70. The van der Waals surface area contributed by atoms with Crippen LogP contribution in [0.1, 0.15) is 12.5 Å². The number of aryl methyl sites for hydroxylation is 2. The molecule has 0 aliphatic carbocycles. The quantitative estimate of drug-likeness (QED) is 0.475. The van der Waals surface area contributed by atoms with Gasteiger partial charge in [-0.05, 0) is 37.6 Å². The first-order chi connectivity index (χ1) is 12.2. The molecule has 0 aliphatic heterocycles. The number of hydrogen-bond acceptors (Lipinski definition) is 5. The zero-order valence-corrected chi connectivity index (χ0v) is 15.6. The Kier molecular flexibility index (Phi) is 5.55. The van der Waals surface area contributed by atoms with E-state index >= 15 is 0 Å². The summed E-state index contributed by atoms with van der Waals surface area (Å²) < 4.78 is 4.26. The number of imidazole rings is 1. The standard InChI is InChI=1S/C18H23N6S/c1-4-24(11-10-23-9-8-22(3)14-23)16-5-6-17(15(2)13-16)20-21-18-19-7-12-25-18/h5-9,12-14H,4,10-11H2,1-3H3/q+1. The van der Waals surface area contributed by atoms with E-state index in [0.717, 1.165) is 30.9 Å². The minimum Gasteiger partial charge on any atom is -0.368 e. The van der Waals surface area contributed by atoms with Gasteiger partial charge in [-0.3, -0.25) is 0 Å². The summed E-state index contributed by atoms with van der Waals surface area (Å²) in [6.45, 7) is 7.14. The summed E-state index contributed by atoms with van der Waals surface area (Å²) in [6.07, 6.45) is 7.99. The summed E-state index contributed by atoms with van der Waals surface area (Å²) >= 11 is 1.48. The molecule has 0 spiro atoms. The van der Waals surface area contributed by atoms with Crippen LogP contribution in [0.4, 0.5) is 16.5 Å². The molecule has 3 aromatic rings. The summed E-state index contributed by atoms with van der Waals surface area (Å²) in [5.41, 5.74) is 3.21. The zero-order chi connectivity index (χ0) is 17.6. The maximum atomic E-state index is 4.32. The summed E-state index contributed by atoms with van der Waals surface area (Å²) in [7, 11) is 2.04. The largest absolute Gasteiger partial charge is 0.368 e. The minimum atomic E-state index is 0.679. The van der Waals surface area contributed by atoms with E-state index in [-0.39, 0.29) is 0 Å². The smallest absolute Gasteiger partial charge is 0.243 e. The predicted octanol–water partition coefficient (Wildman–Crippen LogP) is 4.02. The van der Waals surface area contributed by atoms with Crippen LogP contribution in [0.3, 0.4) is 0 Å². The molecule has 6 nitrogen and oxygen atoms in total. The van der Waals surface area contributed by atoms with Crippen LogP contribution in [0.5, 0.6) is 0 Å². The fourth-order valence-electron chi connectivity index (χ4n) is 2.65. The Balaban J connectivity index is 1.69. The van der Waals surface area contributed by atoms with Gasteiger partial charge in [0.05, 0.1) is 19.3 Å². The van der Waals surface area contributed by atoms with Crippen LogP contribution in [0, 0.1) is 6.92 Å². The number of nitrogens with zero attached hydrogens (tertiary/aromatic N) is 6. The Morgan fingerprint density at radius 2 is 2.20 bits per heavy atom. The molecule has 1 aromatic carbocycles. The molecule has 0 saturated heterocycles. The SMILES string of the molecule is CCN(CCn1cc[n+](C)c1)c1ccc(N=Nc2nccs2)c(C)c1. The molecule has 0 fully saturated rings. The molecule has 7 heteroatoms. The summed E-state index contributed by atoms with van der Waals surface area (Å²) in [4.78, 5) is 6.49. The lowest BCUT2D eigenvalue weighted by atomic mass is 10.1. The van der Waals surface area contributed by atoms with Crippen LogP contribution in [0.15, 0.2) is 58.7 Å². The van der Waals surface area contributed by atoms with E-state index in [4.69, 9.17) is 0 Å². The van der Waals surface area contributed by atoms with Gasteiger partial charge >= 0.3 is 0 Å². The Morgan fingerprint density at radius 3 is 2.84 bits per heavy atom. The van der Waals surface area contributed by atoms with E-state index in [2.05, 4.69) is 73.9 Å². The van der Waals surface area contributed by atoms with Gasteiger partial charge in [-0.25, -0.2) is 14.1 Å². The fourth-order valence-corrected chi connectivity index (χ4v) is 3.10. The van der Waals surface area contributed by atoms with E-state index in [1.54, 1.807) is 6.20 Å². The van der Waals surface area contributed by atoms with Crippen LogP contribution in [0.2, 0.25) is 0 Å². The first kappa shape index (κ1) is 17.3. The van der Waals surface area contributed by atoms with Gasteiger partial charge in [0.25, 0.3) is 0 Å². The van der Waals surface area contributed by atoms with E-state index in [0.29, 0.717) is 5.13 Å². The van der Waals surface area contributed by atoms with Crippen molar-refractivity contribution in [1.82, 2.24) is 9.55 Å². The summed E-state index contributed by atoms with van der Waals surface area (Å²) in [5.74, 6) is 0. The number of rotatable bonds is 7. The van der Waals surface area contributed by atoms with Crippen molar-refractivity contribution in [1.29, 1.82) is 0 Å². The van der Waals surface area contributed by atoms with E-state index in [1.807, 2.05) is 18.5 Å². The van der Waals surface area contributed by atoms with Crippen LogP contribution < -0.4 is 9.47 Å². The normalized spacial score (nSPS) is 11.3. The monoisotopic (exact) mass is 355 g/mol. The third kappa shape index (κ3) is 4.51. The maximum Gasteiger partial charge on any atom is 0.243 e. The molecule has 3 rings (SSSR count). The highest BCUT2D eigenvalue weighted by Crippen LogP contribution is 2.27. The average molecular weight is 355 g/mol. The zero-order valence-electron chi connectivity index (χ0n) is 14.8. The van der Waals surface area contributed by atoms with Crippen molar-refractivity contribution in [2.24, 2.45) is 17.3 Å². The molecule has 2 heterocycles. The molecule has 0 radical (unpaired) electrons. The fraction of sp³-hybridized carbons (Fsp3) is 0.333. The number of anilines is 1. The molecule has 2 aromatic heterocycles. The van der Waals surface area contributed by atoms with Gasteiger partial charge in [-0.2, -0.15) is 0 Å².